The molecule has 1 aromatic carbocycles. The summed E-state index contributed by atoms with van der Waals surface area (Å²) >= 11 is 0. The minimum absolute atomic E-state index is 0.0562. The molecule has 1 heterocycles. The molecule has 0 spiro atoms. The molecule has 4 heteroatoms. The lowest BCUT2D eigenvalue weighted by molar-refractivity contribution is -0.121. The molecule has 0 fully saturated rings. The summed E-state index contributed by atoms with van der Waals surface area (Å²) in [7, 11) is 0. The highest BCUT2D eigenvalue weighted by atomic mass is 16.3. The number of aromatic amines is 1. The summed E-state index contributed by atoms with van der Waals surface area (Å²) in [6.45, 7) is 11.9. The van der Waals surface area contributed by atoms with Crippen molar-refractivity contribution in [1.29, 1.82) is 0 Å². The zero-order valence-corrected chi connectivity index (χ0v) is 16.4. The van der Waals surface area contributed by atoms with Crippen LogP contribution in [0.3, 0.4) is 0 Å². The Hall–Kier alpha value is -1.81. The molecule has 1 atom stereocenters. The third-order valence-electron chi connectivity index (χ3n) is 4.86. The summed E-state index contributed by atoms with van der Waals surface area (Å²) in [5.41, 5.74) is 5.06. The largest absolute Gasteiger partial charge is 0.390 e. The summed E-state index contributed by atoms with van der Waals surface area (Å²) in [5.74, 6) is 0.0562. The zero-order valence-electron chi connectivity index (χ0n) is 16.4. The normalized spacial score (nSPS) is 13.2. The molecule has 3 N–H and O–H groups in total. The van der Waals surface area contributed by atoms with E-state index < -0.39 is 5.60 Å². The Kier molecular flexibility index (Phi) is 5.94. The quantitative estimate of drug-likeness (QED) is 0.708. The number of hydrogen-bond acceptors (Lipinski definition) is 2. The molecule has 2 aromatic rings. The fourth-order valence-electron chi connectivity index (χ4n) is 3.43. The predicted molar refractivity (Wildman–Crippen MR) is 104 cm³/mol. The Morgan fingerprint density at radius 3 is 2.52 bits per heavy atom. The standard InChI is InChI=1S/C21H32N2O2/c1-13-9-10-14(2)20-19(13)17(16(4)23-20)12-18(24)22-15(3)8-7-11-21(5,6)25/h9-10,15,23,25H,7-8,11-12H2,1-6H3,(H,22,24). The van der Waals surface area contributed by atoms with Crippen molar-refractivity contribution in [2.45, 2.75) is 78.9 Å². The molecule has 2 rings (SSSR count). The van der Waals surface area contributed by atoms with Crippen molar-refractivity contribution in [2.24, 2.45) is 0 Å². The highest BCUT2D eigenvalue weighted by molar-refractivity contribution is 5.93. The van der Waals surface area contributed by atoms with Gasteiger partial charge in [0.15, 0.2) is 0 Å². The molecule has 0 aliphatic carbocycles. The van der Waals surface area contributed by atoms with Gasteiger partial charge in [0.2, 0.25) is 5.91 Å². The van der Waals surface area contributed by atoms with Crippen LogP contribution < -0.4 is 5.32 Å². The van der Waals surface area contributed by atoms with E-state index in [1.165, 1.54) is 16.5 Å². The minimum Gasteiger partial charge on any atom is -0.390 e. The lowest BCUT2D eigenvalue weighted by Gasteiger charge is -2.19. The zero-order chi connectivity index (χ0) is 18.8. The maximum atomic E-state index is 12.5. The van der Waals surface area contributed by atoms with Crippen molar-refractivity contribution in [3.63, 3.8) is 0 Å². The van der Waals surface area contributed by atoms with Crippen molar-refractivity contribution >= 4 is 16.8 Å². The van der Waals surface area contributed by atoms with Gasteiger partial charge in [0.25, 0.3) is 0 Å². The average molecular weight is 344 g/mol. The molecule has 25 heavy (non-hydrogen) atoms. The van der Waals surface area contributed by atoms with Crippen LogP contribution in [0.25, 0.3) is 10.9 Å². The Labute approximate surface area is 151 Å². The van der Waals surface area contributed by atoms with E-state index in [9.17, 15) is 9.90 Å². The Morgan fingerprint density at radius 1 is 1.24 bits per heavy atom. The molecule has 0 saturated carbocycles. The van der Waals surface area contributed by atoms with Crippen LogP contribution in [-0.4, -0.2) is 27.6 Å². The number of benzene rings is 1. The lowest BCUT2D eigenvalue weighted by Crippen LogP contribution is -2.34. The number of fused-ring (bicyclic) bond motifs is 1. The van der Waals surface area contributed by atoms with Gasteiger partial charge in [-0.1, -0.05) is 12.1 Å². The number of aromatic nitrogens is 1. The first kappa shape index (κ1) is 19.5. The Bertz CT molecular complexity index is 753. The highest BCUT2D eigenvalue weighted by Crippen LogP contribution is 2.28. The van der Waals surface area contributed by atoms with Crippen LogP contribution in [0.4, 0.5) is 0 Å². The summed E-state index contributed by atoms with van der Waals surface area (Å²) in [4.78, 5) is 15.9. The van der Waals surface area contributed by atoms with Gasteiger partial charge in [0.1, 0.15) is 0 Å². The number of nitrogens with one attached hydrogen (secondary N) is 2. The SMILES string of the molecule is Cc1[nH]c2c(C)ccc(C)c2c1CC(=O)NC(C)CCCC(C)(C)O. The molecule has 4 nitrogen and oxygen atoms in total. The van der Waals surface area contributed by atoms with Gasteiger partial charge in [0, 0.05) is 22.6 Å². The highest BCUT2D eigenvalue weighted by Gasteiger charge is 2.17. The summed E-state index contributed by atoms with van der Waals surface area (Å²) in [6, 6.07) is 4.34. The molecule has 0 aliphatic rings. The number of aryl methyl sites for hydroxylation is 3. The number of amides is 1. The number of H-pyrrole nitrogens is 1. The van der Waals surface area contributed by atoms with Crippen LogP contribution >= 0.6 is 0 Å². The van der Waals surface area contributed by atoms with Crippen molar-refractivity contribution < 1.29 is 9.90 Å². The molecule has 1 amide bonds. The average Bonchev–Trinajstić information content (AvgIpc) is 2.80. The molecular weight excluding hydrogens is 312 g/mol. The molecule has 1 aromatic heterocycles. The molecule has 138 valence electrons. The summed E-state index contributed by atoms with van der Waals surface area (Å²) < 4.78 is 0. The van der Waals surface area contributed by atoms with E-state index in [1.807, 2.05) is 27.7 Å². The predicted octanol–water partition coefficient (Wildman–Crippen LogP) is 4.08. The van der Waals surface area contributed by atoms with Crippen molar-refractivity contribution in [3.05, 3.63) is 34.5 Å². The van der Waals surface area contributed by atoms with Gasteiger partial charge in [-0.3, -0.25) is 4.79 Å². The molecule has 0 radical (unpaired) electrons. The maximum absolute atomic E-state index is 12.5. The van der Waals surface area contributed by atoms with E-state index in [1.54, 1.807) is 0 Å². The fraction of sp³-hybridized carbons (Fsp3) is 0.571. The second-order valence-corrected chi connectivity index (χ2v) is 8.03. The third kappa shape index (κ3) is 5.08. The van der Waals surface area contributed by atoms with E-state index in [0.717, 1.165) is 36.0 Å². The van der Waals surface area contributed by atoms with Gasteiger partial charge in [-0.15, -0.1) is 0 Å². The van der Waals surface area contributed by atoms with Gasteiger partial charge < -0.3 is 15.4 Å². The van der Waals surface area contributed by atoms with E-state index >= 15 is 0 Å². The third-order valence-corrected chi connectivity index (χ3v) is 4.86. The Morgan fingerprint density at radius 2 is 1.88 bits per heavy atom. The Balaban J connectivity index is 2.03. The fourth-order valence-corrected chi connectivity index (χ4v) is 3.43. The first-order valence-corrected chi connectivity index (χ1v) is 9.17. The van der Waals surface area contributed by atoms with Crippen molar-refractivity contribution in [1.82, 2.24) is 10.3 Å². The monoisotopic (exact) mass is 344 g/mol. The second kappa shape index (κ2) is 7.61. The number of aliphatic hydroxyl groups is 1. The van der Waals surface area contributed by atoms with Crippen LogP contribution in [-0.2, 0) is 11.2 Å². The first-order valence-electron chi connectivity index (χ1n) is 9.17. The van der Waals surface area contributed by atoms with Gasteiger partial charge in [-0.05, 0) is 77.5 Å². The van der Waals surface area contributed by atoms with Crippen molar-refractivity contribution in [2.75, 3.05) is 0 Å². The van der Waals surface area contributed by atoms with E-state index in [2.05, 4.69) is 36.3 Å². The van der Waals surface area contributed by atoms with Crippen LogP contribution in [0.2, 0.25) is 0 Å². The number of rotatable bonds is 7. The van der Waals surface area contributed by atoms with Crippen LogP contribution in [0.15, 0.2) is 12.1 Å². The number of carbonyl (C=O) groups is 1. The maximum Gasteiger partial charge on any atom is 0.224 e. The molecule has 0 bridgehead atoms. The van der Waals surface area contributed by atoms with Crippen LogP contribution in [0.1, 0.15) is 62.4 Å². The molecular formula is C21H32N2O2. The van der Waals surface area contributed by atoms with Gasteiger partial charge >= 0.3 is 0 Å². The van der Waals surface area contributed by atoms with Crippen LogP contribution in [0.5, 0.6) is 0 Å². The molecule has 0 saturated heterocycles. The molecule has 1 unspecified atom stereocenters. The van der Waals surface area contributed by atoms with E-state index in [-0.39, 0.29) is 11.9 Å². The second-order valence-electron chi connectivity index (χ2n) is 8.03. The summed E-state index contributed by atoms with van der Waals surface area (Å²) in [6.07, 6.45) is 2.91. The van der Waals surface area contributed by atoms with Crippen LogP contribution in [0, 0.1) is 20.8 Å². The smallest absolute Gasteiger partial charge is 0.224 e. The summed E-state index contributed by atoms with van der Waals surface area (Å²) in [5, 5.41) is 14.1. The topological polar surface area (TPSA) is 65.1 Å². The van der Waals surface area contributed by atoms with E-state index in [4.69, 9.17) is 0 Å². The van der Waals surface area contributed by atoms with Crippen molar-refractivity contribution in [3.8, 4) is 0 Å². The van der Waals surface area contributed by atoms with Gasteiger partial charge in [-0.2, -0.15) is 0 Å². The lowest BCUT2D eigenvalue weighted by atomic mass is 9.99. The number of carbonyl (C=O) groups excluding carboxylic acids is 1. The van der Waals surface area contributed by atoms with Gasteiger partial charge in [-0.25, -0.2) is 0 Å². The van der Waals surface area contributed by atoms with Gasteiger partial charge in [0.05, 0.1) is 12.0 Å². The minimum atomic E-state index is -0.639. The molecule has 0 aliphatic heterocycles. The first-order chi connectivity index (χ1) is 11.6. The number of hydrogen-bond donors (Lipinski definition) is 3. The van der Waals surface area contributed by atoms with E-state index in [0.29, 0.717) is 6.42 Å².